The van der Waals surface area contributed by atoms with Gasteiger partial charge in [0.15, 0.2) is 0 Å². The van der Waals surface area contributed by atoms with E-state index in [4.69, 9.17) is 28.2 Å². The van der Waals surface area contributed by atoms with E-state index in [1.807, 2.05) is 13.0 Å². The van der Waals surface area contributed by atoms with Gasteiger partial charge in [0.05, 0.1) is 21.6 Å². The number of aromatic nitrogens is 2. The maximum Gasteiger partial charge on any atom is 0.335 e. The van der Waals surface area contributed by atoms with Crippen LogP contribution in [0, 0.1) is 5.82 Å². The Kier molecular flexibility index (Phi) is 6.22. The number of aryl methyl sites for hydroxylation is 1. The molecule has 4 atom stereocenters. The van der Waals surface area contributed by atoms with Gasteiger partial charge in [-0.1, -0.05) is 55.8 Å². The Hall–Kier alpha value is -3.46. The molecule has 0 bridgehead atoms. The van der Waals surface area contributed by atoms with Crippen LogP contribution in [0.5, 0.6) is 0 Å². The van der Waals surface area contributed by atoms with Gasteiger partial charge >= 0.3 is 5.97 Å². The van der Waals surface area contributed by atoms with E-state index in [9.17, 15) is 14.7 Å². The van der Waals surface area contributed by atoms with Crippen LogP contribution >= 0.6 is 23.2 Å². The lowest BCUT2D eigenvalue weighted by atomic mass is 9.70. The molecule has 10 heteroatoms. The van der Waals surface area contributed by atoms with E-state index in [2.05, 4.69) is 14.8 Å². The van der Waals surface area contributed by atoms with Crippen molar-refractivity contribution in [3.8, 4) is 0 Å². The zero-order valence-electron chi connectivity index (χ0n) is 20.8. The summed E-state index contributed by atoms with van der Waals surface area (Å²) in [5, 5.41) is 13.1. The summed E-state index contributed by atoms with van der Waals surface area (Å²) in [5.74, 6) is -2.17. The van der Waals surface area contributed by atoms with Gasteiger partial charge < -0.3 is 15.0 Å². The van der Waals surface area contributed by atoms with Crippen molar-refractivity contribution in [1.82, 2.24) is 14.5 Å². The zero-order valence-corrected chi connectivity index (χ0v) is 22.3. The highest BCUT2D eigenvalue weighted by Crippen LogP contribution is 2.64. The molecular weight excluding hydrogens is 554 g/mol. The predicted octanol–water partition coefficient (Wildman–Crippen LogP) is 6.64. The Labute approximate surface area is 240 Å². The first-order valence-corrected chi connectivity index (χ1v) is 13.6. The molecule has 1 aromatic heterocycles. The second-order valence-corrected chi connectivity index (χ2v) is 11.2. The lowest BCUT2D eigenvalue weighted by Gasteiger charge is -2.39. The van der Waals surface area contributed by atoms with Crippen molar-refractivity contribution < 1.29 is 19.1 Å². The van der Waals surface area contributed by atoms with Crippen LogP contribution < -0.4 is 5.32 Å². The molecule has 40 heavy (non-hydrogen) atoms. The van der Waals surface area contributed by atoms with Crippen molar-refractivity contribution in [3.05, 3.63) is 93.0 Å². The highest BCUT2D eigenvalue weighted by molar-refractivity contribution is 6.31. The fourth-order valence-corrected chi connectivity index (χ4v) is 7.71. The van der Waals surface area contributed by atoms with Crippen LogP contribution in [0.1, 0.15) is 59.9 Å². The number of carbonyl (C=O) groups is 2. The predicted molar refractivity (Wildman–Crippen MR) is 153 cm³/mol. The number of aromatic carboxylic acids is 1. The van der Waals surface area contributed by atoms with Crippen LogP contribution in [0.4, 0.5) is 10.1 Å². The maximum absolute atomic E-state index is 16.0. The Morgan fingerprint density at radius 1 is 1.20 bits per heavy atom. The molecule has 3 aliphatic rings. The number of nitrogens with zero attached hydrogens (tertiary/aromatic N) is 3. The van der Waals surface area contributed by atoms with Gasteiger partial charge in [0.25, 0.3) is 0 Å². The second kappa shape index (κ2) is 9.29. The maximum atomic E-state index is 16.0. The molecule has 0 aliphatic carbocycles. The lowest BCUT2D eigenvalue weighted by molar-refractivity contribution is -0.127. The lowest BCUT2D eigenvalue weighted by Crippen LogP contribution is -2.52. The quantitative estimate of drug-likeness (QED) is 0.283. The molecule has 206 valence electrons. The largest absolute Gasteiger partial charge is 0.478 e. The van der Waals surface area contributed by atoms with E-state index in [0.717, 1.165) is 11.1 Å². The fourth-order valence-electron chi connectivity index (χ4n) is 7.35. The van der Waals surface area contributed by atoms with Gasteiger partial charge in [-0.05, 0) is 54.9 Å². The second-order valence-electron chi connectivity index (χ2n) is 10.3. The van der Waals surface area contributed by atoms with Crippen molar-refractivity contribution in [2.75, 3.05) is 11.9 Å². The number of fused-ring (bicyclic) bond motifs is 7. The standard InChI is InChI=1S/C29H23Cl2FN4O3.CH4/c1-2-36-22-10-11-35-21-9-6-14(27(37)38)12-20(21)33-26(35)23(22)24(16-4-3-5-18(31)25(16)32)29(36)17-8-7-15(30)13-19(17)34-28(29)39;/h3-9,12-13,22-24H,2,10-11H2,1H3,(H,34,39)(H,37,38);1H4/t22-,23+,24-,29+;/m0./s1. The molecule has 0 unspecified atom stereocenters. The van der Waals surface area contributed by atoms with E-state index < -0.39 is 23.2 Å². The monoisotopic (exact) mass is 580 g/mol. The first-order chi connectivity index (χ1) is 18.8. The van der Waals surface area contributed by atoms with Crippen LogP contribution in [0.2, 0.25) is 10.0 Å². The highest BCUT2D eigenvalue weighted by Gasteiger charge is 2.68. The number of hydrogen-bond donors (Lipinski definition) is 2. The summed E-state index contributed by atoms with van der Waals surface area (Å²) >= 11 is 12.6. The Morgan fingerprint density at radius 3 is 2.75 bits per heavy atom. The SMILES string of the molecule is C.CCN1[C@H]2CCn3c(nc4cc(C(=O)O)ccc43)[C@H]2[C@H](c2cccc(Cl)c2F)[C@]12C(=O)Nc1cc(Cl)ccc12. The minimum atomic E-state index is -1.23. The van der Waals surface area contributed by atoms with E-state index in [1.54, 1.807) is 42.5 Å². The first-order valence-electron chi connectivity index (χ1n) is 12.8. The Morgan fingerprint density at radius 2 is 2.00 bits per heavy atom. The van der Waals surface area contributed by atoms with Crippen molar-refractivity contribution in [1.29, 1.82) is 0 Å². The minimum absolute atomic E-state index is 0. The number of benzene rings is 3. The summed E-state index contributed by atoms with van der Waals surface area (Å²) in [4.78, 5) is 33.0. The van der Waals surface area contributed by atoms with Gasteiger partial charge in [-0.3, -0.25) is 9.69 Å². The molecule has 7 nitrogen and oxygen atoms in total. The summed E-state index contributed by atoms with van der Waals surface area (Å²) < 4.78 is 18.1. The van der Waals surface area contributed by atoms with Crippen LogP contribution in [-0.4, -0.2) is 44.0 Å². The van der Waals surface area contributed by atoms with Crippen molar-refractivity contribution in [2.45, 2.75) is 50.7 Å². The number of carbonyl (C=O) groups excluding carboxylic acids is 1. The number of imidazole rings is 1. The molecule has 4 aromatic rings. The van der Waals surface area contributed by atoms with Gasteiger partial charge in [0, 0.05) is 40.7 Å². The van der Waals surface area contributed by atoms with Gasteiger partial charge in [0.2, 0.25) is 5.91 Å². The normalized spacial score (nSPS) is 24.9. The van der Waals surface area contributed by atoms with Gasteiger partial charge in [-0.15, -0.1) is 0 Å². The van der Waals surface area contributed by atoms with Gasteiger partial charge in [0.1, 0.15) is 17.2 Å². The van der Waals surface area contributed by atoms with E-state index >= 15 is 4.39 Å². The van der Waals surface area contributed by atoms with Crippen LogP contribution in [0.25, 0.3) is 11.0 Å². The summed E-state index contributed by atoms with van der Waals surface area (Å²) in [7, 11) is 0. The zero-order chi connectivity index (χ0) is 27.2. The Balaban J connectivity index is 0.00000289. The molecule has 2 N–H and O–H groups in total. The average molecular weight is 581 g/mol. The number of amides is 1. The number of likely N-dealkylation sites (N-methyl/N-ethyl adjacent to an activating group) is 1. The van der Waals surface area contributed by atoms with E-state index in [-0.39, 0.29) is 35.9 Å². The molecule has 0 saturated carbocycles. The molecular formula is C30H27Cl2FN4O3. The third-order valence-electron chi connectivity index (χ3n) is 8.69. The number of halogens is 3. The molecule has 1 fully saturated rings. The summed E-state index contributed by atoms with van der Waals surface area (Å²) in [6.07, 6.45) is 0.703. The third-order valence-corrected chi connectivity index (χ3v) is 9.22. The minimum Gasteiger partial charge on any atom is -0.478 e. The highest BCUT2D eigenvalue weighted by atomic mass is 35.5. The van der Waals surface area contributed by atoms with Gasteiger partial charge in [-0.25, -0.2) is 14.2 Å². The number of nitrogens with one attached hydrogen (secondary N) is 1. The molecule has 3 aromatic carbocycles. The topological polar surface area (TPSA) is 87.5 Å². The number of carboxylic acids is 1. The molecule has 1 saturated heterocycles. The van der Waals surface area contributed by atoms with Gasteiger partial charge in [-0.2, -0.15) is 0 Å². The first kappa shape index (κ1) is 26.7. The summed E-state index contributed by atoms with van der Waals surface area (Å²) in [6, 6.07) is 15.0. The third kappa shape index (κ3) is 3.36. The molecule has 0 radical (unpaired) electrons. The van der Waals surface area contributed by atoms with Crippen molar-refractivity contribution >= 4 is 51.8 Å². The number of hydrogen-bond acceptors (Lipinski definition) is 4. The van der Waals surface area contributed by atoms with Crippen molar-refractivity contribution in [2.24, 2.45) is 0 Å². The number of anilines is 1. The van der Waals surface area contributed by atoms with Crippen molar-refractivity contribution in [3.63, 3.8) is 0 Å². The average Bonchev–Trinajstić information content (AvgIpc) is 3.52. The smallest absolute Gasteiger partial charge is 0.335 e. The number of rotatable bonds is 3. The summed E-state index contributed by atoms with van der Waals surface area (Å²) in [6.45, 7) is 3.18. The number of carboxylic acid groups (broad SMARTS) is 1. The molecule has 1 amide bonds. The number of likely N-dealkylation sites (tertiary alicyclic amines) is 1. The van der Waals surface area contributed by atoms with Crippen LogP contribution in [-0.2, 0) is 16.9 Å². The van der Waals surface area contributed by atoms with Crippen LogP contribution in [0.15, 0.2) is 54.6 Å². The van der Waals surface area contributed by atoms with E-state index in [0.29, 0.717) is 47.1 Å². The molecule has 3 aliphatic heterocycles. The van der Waals surface area contributed by atoms with E-state index in [1.165, 1.54) is 6.07 Å². The fraction of sp³-hybridized carbons (Fsp3) is 0.300. The molecule has 1 spiro atoms. The molecule has 7 rings (SSSR count). The van der Waals surface area contributed by atoms with Crippen LogP contribution in [0.3, 0.4) is 0 Å². The Bertz CT molecular complexity index is 1720. The molecule has 4 heterocycles. The summed E-state index contributed by atoms with van der Waals surface area (Å²) in [5.41, 5.74) is 1.98.